The largest absolute Gasteiger partial charge is 0.310 e. The van der Waals surface area contributed by atoms with E-state index in [1.165, 1.54) is 42.8 Å². The normalized spacial score (nSPS) is 25.5. The van der Waals surface area contributed by atoms with E-state index < -0.39 is 10.2 Å². The average molecular weight is 366 g/mol. The van der Waals surface area contributed by atoms with Crippen LogP contribution in [0.3, 0.4) is 0 Å². The molecule has 0 amide bonds. The van der Waals surface area contributed by atoms with Crippen LogP contribution in [0.2, 0.25) is 0 Å². The van der Waals surface area contributed by atoms with Gasteiger partial charge < -0.3 is 5.32 Å². The Morgan fingerprint density at radius 3 is 2.20 bits per heavy atom. The fraction of sp³-hybridized carbons (Fsp3) is 0.684. The standard InChI is InChI=1S/C19H31N3O2S/c1-22(15-16-9-5-4-6-10-16)25(23,24)21-19-14-13-18(19)20-17-11-7-2-3-8-12-17/h4-6,9-10,17-21H,2-3,7-8,11-15H2,1H3/t18-,19+/m1/s1. The van der Waals surface area contributed by atoms with Crippen molar-refractivity contribution in [3.8, 4) is 0 Å². The minimum Gasteiger partial charge on any atom is -0.310 e. The zero-order valence-electron chi connectivity index (χ0n) is 15.2. The molecule has 5 nitrogen and oxygen atoms in total. The first-order valence-electron chi connectivity index (χ1n) is 9.58. The van der Waals surface area contributed by atoms with Gasteiger partial charge >= 0.3 is 0 Å². The highest BCUT2D eigenvalue weighted by Crippen LogP contribution is 2.25. The second kappa shape index (κ2) is 8.62. The summed E-state index contributed by atoms with van der Waals surface area (Å²) in [6.45, 7) is 0.392. The number of hydrogen-bond donors (Lipinski definition) is 2. The molecule has 2 aliphatic rings. The Kier molecular flexibility index (Phi) is 6.49. The summed E-state index contributed by atoms with van der Waals surface area (Å²) in [7, 11) is -1.82. The lowest BCUT2D eigenvalue weighted by Gasteiger charge is -2.40. The van der Waals surface area contributed by atoms with Crippen LogP contribution in [0.1, 0.15) is 56.9 Å². The van der Waals surface area contributed by atoms with Crippen LogP contribution in [-0.4, -0.2) is 37.9 Å². The second-order valence-electron chi connectivity index (χ2n) is 7.51. The van der Waals surface area contributed by atoms with Crippen molar-refractivity contribution >= 4 is 10.2 Å². The van der Waals surface area contributed by atoms with Gasteiger partial charge in [0.05, 0.1) is 0 Å². The number of nitrogens with one attached hydrogen (secondary N) is 2. The van der Waals surface area contributed by atoms with E-state index in [2.05, 4.69) is 10.0 Å². The van der Waals surface area contributed by atoms with Gasteiger partial charge in [0.2, 0.25) is 0 Å². The van der Waals surface area contributed by atoms with Crippen molar-refractivity contribution in [1.82, 2.24) is 14.3 Å². The Bertz CT molecular complexity index is 627. The highest BCUT2D eigenvalue weighted by atomic mass is 32.2. The summed E-state index contributed by atoms with van der Waals surface area (Å²) in [4.78, 5) is 0. The van der Waals surface area contributed by atoms with E-state index >= 15 is 0 Å². The van der Waals surface area contributed by atoms with E-state index in [1.54, 1.807) is 7.05 Å². The topological polar surface area (TPSA) is 61.4 Å². The molecule has 2 saturated carbocycles. The molecule has 0 unspecified atom stereocenters. The van der Waals surface area contributed by atoms with Crippen LogP contribution in [0, 0.1) is 0 Å². The molecule has 25 heavy (non-hydrogen) atoms. The fourth-order valence-corrected chi connectivity index (χ4v) is 4.96. The van der Waals surface area contributed by atoms with Gasteiger partial charge in [0.25, 0.3) is 10.2 Å². The van der Waals surface area contributed by atoms with Gasteiger partial charge in [0.1, 0.15) is 0 Å². The third-order valence-corrected chi connectivity index (χ3v) is 7.09. The highest BCUT2D eigenvalue weighted by Gasteiger charge is 2.36. The molecule has 0 saturated heterocycles. The molecule has 0 aliphatic heterocycles. The van der Waals surface area contributed by atoms with Gasteiger partial charge in [-0.3, -0.25) is 0 Å². The van der Waals surface area contributed by atoms with Crippen LogP contribution in [0.15, 0.2) is 30.3 Å². The first kappa shape index (κ1) is 18.8. The Balaban J connectivity index is 1.51. The molecule has 1 aromatic carbocycles. The van der Waals surface area contributed by atoms with E-state index in [0.717, 1.165) is 18.4 Å². The zero-order chi connectivity index (χ0) is 17.7. The van der Waals surface area contributed by atoms with Gasteiger partial charge in [-0.15, -0.1) is 0 Å². The van der Waals surface area contributed by atoms with Crippen LogP contribution < -0.4 is 10.0 Å². The van der Waals surface area contributed by atoms with E-state index in [0.29, 0.717) is 12.6 Å². The van der Waals surface area contributed by atoms with E-state index in [-0.39, 0.29) is 12.1 Å². The lowest BCUT2D eigenvalue weighted by atomic mass is 9.86. The molecule has 2 fully saturated rings. The molecule has 6 heteroatoms. The SMILES string of the molecule is CN(Cc1ccccc1)S(=O)(=O)N[C@H]1CC[C@H]1NC1CCCCCC1. The monoisotopic (exact) mass is 365 g/mol. The summed E-state index contributed by atoms with van der Waals surface area (Å²) < 4.78 is 29.5. The lowest BCUT2D eigenvalue weighted by molar-refractivity contribution is 0.231. The average Bonchev–Trinajstić information content (AvgIpc) is 2.86. The second-order valence-corrected chi connectivity index (χ2v) is 9.32. The van der Waals surface area contributed by atoms with Gasteiger partial charge in [0.15, 0.2) is 0 Å². The molecule has 2 aliphatic carbocycles. The summed E-state index contributed by atoms with van der Waals surface area (Å²) in [5, 5.41) is 3.71. The highest BCUT2D eigenvalue weighted by molar-refractivity contribution is 7.87. The van der Waals surface area contributed by atoms with Crippen molar-refractivity contribution in [2.45, 2.75) is 76.0 Å². The van der Waals surface area contributed by atoms with Crippen LogP contribution in [0.5, 0.6) is 0 Å². The predicted octanol–water partition coefficient (Wildman–Crippen LogP) is 2.80. The maximum atomic E-state index is 12.6. The van der Waals surface area contributed by atoms with Gasteiger partial charge in [0, 0.05) is 31.7 Å². The summed E-state index contributed by atoms with van der Waals surface area (Å²) in [5.41, 5.74) is 0.997. The Hall–Kier alpha value is -0.950. The smallest absolute Gasteiger partial charge is 0.279 e. The number of rotatable bonds is 7. The molecule has 0 bridgehead atoms. The van der Waals surface area contributed by atoms with E-state index in [9.17, 15) is 8.42 Å². The van der Waals surface area contributed by atoms with Gasteiger partial charge in [-0.2, -0.15) is 17.4 Å². The Morgan fingerprint density at radius 2 is 1.60 bits per heavy atom. The summed E-state index contributed by atoms with van der Waals surface area (Å²) in [6.07, 6.45) is 9.69. The predicted molar refractivity (Wildman–Crippen MR) is 101 cm³/mol. The number of hydrogen-bond acceptors (Lipinski definition) is 3. The fourth-order valence-electron chi connectivity index (χ4n) is 3.80. The van der Waals surface area contributed by atoms with E-state index in [4.69, 9.17) is 0 Å². The minimum atomic E-state index is -3.46. The quantitative estimate of drug-likeness (QED) is 0.731. The molecule has 0 aromatic heterocycles. The number of benzene rings is 1. The van der Waals surface area contributed by atoms with Crippen molar-refractivity contribution in [2.75, 3.05) is 7.05 Å². The first-order valence-corrected chi connectivity index (χ1v) is 11.0. The maximum absolute atomic E-state index is 12.6. The summed E-state index contributed by atoms with van der Waals surface area (Å²) >= 11 is 0. The summed E-state index contributed by atoms with van der Waals surface area (Å²) in [6, 6.07) is 10.6. The Morgan fingerprint density at radius 1 is 0.960 bits per heavy atom. The molecule has 140 valence electrons. The van der Waals surface area contributed by atoms with Crippen LogP contribution >= 0.6 is 0 Å². The zero-order valence-corrected chi connectivity index (χ0v) is 16.0. The molecule has 0 spiro atoms. The van der Waals surface area contributed by atoms with E-state index in [1.807, 2.05) is 30.3 Å². The molecule has 2 N–H and O–H groups in total. The van der Waals surface area contributed by atoms with Crippen molar-refractivity contribution in [3.63, 3.8) is 0 Å². The van der Waals surface area contributed by atoms with Crippen LogP contribution in [0.4, 0.5) is 0 Å². The molecule has 0 radical (unpaired) electrons. The minimum absolute atomic E-state index is 0.0199. The van der Waals surface area contributed by atoms with Crippen molar-refractivity contribution in [3.05, 3.63) is 35.9 Å². The molecule has 1 aromatic rings. The Labute approximate surface area is 152 Å². The van der Waals surface area contributed by atoms with Crippen molar-refractivity contribution in [1.29, 1.82) is 0 Å². The van der Waals surface area contributed by atoms with Gasteiger partial charge in [-0.1, -0.05) is 56.0 Å². The van der Waals surface area contributed by atoms with Crippen molar-refractivity contribution in [2.24, 2.45) is 0 Å². The molecular formula is C19H31N3O2S. The number of nitrogens with zero attached hydrogens (tertiary/aromatic N) is 1. The van der Waals surface area contributed by atoms with Gasteiger partial charge in [-0.05, 0) is 31.2 Å². The third-order valence-electron chi connectivity index (χ3n) is 5.54. The van der Waals surface area contributed by atoms with Crippen molar-refractivity contribution < 1.29 is 8.42 Å². The van der Waals surface area contributed by atoms with Gasteiger partial charge in [-0.25, -0.2) is 0 Å². The third kappa shape index (κ3) is 5.26. The summed E-state index contributed by atoms with van der Waals surface area (Å²) in [5.74, 6) is 0. The molecular weight excluding hydrogens is 334 g/mol. The molecule has 3 rings (SSSR count). The lowest BCUT2D eigenvalue weighted by Crippen LogP contribution is -2.60. The maximum Gasteiger partial charge on any atom is 0.279 e. The van der Waals surface area contributed by atoms with Crippen LogP contribution in [-0.2, 0) is 16.8 Å². The molecule has 2 atom stereocenters. The first-order chi connectivity index (χ1) is 12.0. The molecule has 0 heterocycles. The van der Waals surface area contributed by atoms with Crippen LogP contribution in [0.25, 0.3) is 0 Å².